The van der Waals surface area contributed by atoms with Gasteiger partial charge in [-0.05, 0) is 94.9 Å². The molecule has 9 aromatic rings. The monoisotopic (exact) mass is 694 g/mol. The van der Waals surface area contributed by atoms with Crippen molar-refractivity contribution < 1.29 is 0 Å². The van der Waals surface area contributed by atoms with Crippen molar-refractivity contribution in [1.82, 2.24) is 19.5 Å². The topological polar surface area (TPSA) is 43.6 Å². The van der Waals surface area contributed by atoms with Gasteiger partial charge in [-0.15, -0.1) is 0 Å². The predicted molar refractivity (Wildman–Crippen MR) is 228 cm³/mol. The van der Waals surface area contributed by atoms with Gasteiger partial charge in [-0.3, -0.25) is 0 Å². The number of allylic oxidation sites excluding steroid dienone is 5. The highest BCUT2D eigenvalue weighted by Gasteiger charge is 2.23. The number of aryl methyl sites for hydroxylation is 2. The maximum atomic E-state index is 5.00. The summed E-state index contributed by atoms with van der Waals surface area (Å²) in [6.07, 6.45) is 7.65. The minimum Gasteiger partial charge on any atom is -0.309 e. The fourth-order valence-electron chi connectivity index (χ4n) is 7.97. The molecule has 4 heteroatoms. The van der Waals surface area contributed by atoms with Gasteiger partial charge in [0.1, 0.15) is 0 Å². The second-order valence-corrected chi connectivity index (χ2v) is 13.7. The van der Waals surface area contributed by atoms with E-state index in [-0.39, 0.29) is 0 Å². The molecule has 9 rings (SSSR count). The lowest BCUT2D eigenvalue weighted by Crippen LogP contribution is -2.02. The van der Waals surface area contributed by atoms with Gasteiger partial charge in [0.05, 0.1) is 11.0 Å². The average molecular weight is 695 g/mol. The van der Waals surface area contributed by atoms with Crippen LogP contribution < -0.4 is 0 Å². The zero-order valence-electron chi connectivity index (χ0n) is 30.6. The zero-order valence-corrected chi connectivity index (χ0v) is 30.6. The fourth-order valence-corrected chi connectivity index (χ4v) is 7.97. The van der Waals surface area contributed by atoms with Crippen molar-refractivity contribution in [1.29, 1.82) is 0 Å². The fraction of sp³-hybridized carbons (Fsp3) is 0.0600. The molecule has 0 unspecified atom stereocenters. The molecule has 0 N–H and O–H groups in total. The Morgan fingerprint density at radius 3 is 1.98 bits per heavy atom. The van der Waals surface area contributed by atoms with E-state index in [0.717, 1.165) is 22.4 Å². The van der Waals surface area contributed by atoms with Crippen molar-refractivity contribution >= 4 is 48.9 Å². The number of hydrogen-bond acceptors (Lipinski definition) is 3. The highest BCUT2D eigenvalue weighted by atomic mass is 15.0. The standard InChI is InChI=1S/C50H38N4/c1-5-7-18-34(6-2)48-51-49(36-20-9-8-10-21-36)53-50(52-48)37-26-29-38(30-27-37)54-43-31-28-35-19-12-14-23-40(35)45(43)46-42-25-16-15-24-41(42)44(33(4)47(46)54)39-22-13-11-17-32(39)3/h5-31H,1H2,2-4H3/b18-7-,34-6+. The van der Waals surface area contributed by atoms with Crippen LogP contribution in [0.25, 0.3) is 88.5 Å². The minimum absolute atomic E-state index is 0.615. The molecule has 54 heavy (non-hydrogen) atoms. The summed E-state index contributed by atoms with van der Waals surface area (Å²) >= 11 is 0. The molecule has 4 nitrogen and oxygen atoms in total. The van der Waals surface area contributed by atoms with E-state index in [1.165, 1.54) is 65.6 Å². The molecule has 0 bridgehead atoms. The van der Waals surface area contributed by atoms with Gasteiger partial charge in [-0.1, -0.05) is 140 Å². The number of rotatable bonds is 7. The van der Waals surface area contributed by atoms with Crippen LogP contribution >= 0.6 is 0 Å². The molecule has 2 heterocycles. The molecule has 0 atom stereocenters. The normalized spacial score (nSPS) is 12.1. The van der Waals surface area contributed by atoms with Crippen molar-refractivity contribution in [3.8, 4) is 39.6 Å². The summed E-state index contributed by atoms with van der Waals surface area (Å²) < 4.78 is 2.46. The SMILES string of the molecule is C=C/C=C\C(=C/C)c1nc(-c2ccccc2)nc(-c2ccc(-n3c4ccc5ccccc5c4c4c5ccccc5c(-c5ccccc5C)c(C)c43)cc2)n1. The van der Waals surface area contributed by atoms with Crippen LogP contribution in [0.3, 0.4) is 0 Å². The van der Waals surface area contributed by atoms with E-state index < -0.39 is 0 Å². The Labute approximate surface area is 315 Å². The summed E-state index contributed by atoms with van der Waals surface area (Å²) in [6.45, 7) is 10.3. The van der Waals surface area contributed by atoms with Gasteiger partial charge in [-0.25, -0.2) is 15.0 Å². The summed E-state index contributed by atoms with van der Waals surface area (Å²) in [5, 5.41) is 7.54. The van der Waals surface area contributed by atoms with Crippen LogP contribution in [0, 0.1) is 13.8 Å². The van der Waals surface area contributed by atoms with E-state index in [1.807, 2.05) is 55.5 Å². The number of aromatic nitrogens is 4. The molecule has 0 aliphatic heterocycles. The Morgan fingerprint density at radius 2 is 1.26 bits per heavy atom. The Kier molecular flexibility index (Phi) is 8.28. The van der Waals surface area contributed by atoms with Crippen LogP contribution in [0.1, 0.15) is 23.9 Å². The van der Waals surface area contributed by atoms with Crippen LogP contribution in [0.5, 0.6) is 0 Å². The van der Waals surface area contributed by atoms with Crippen molar-refractivity contribution in [2.75, 3.05) is 0 Å². The molecule has 0 saturated carbocycles. The van der Waals surface area contributed by atoms with Gasteiger partial charge in [-0.2, -0.15) is 0 Å². The van der Waals surface area contributed by atoms with E-state index in [9.17, 15) is 0 Å². The molecule has 7 aromatic carbocycles. The minimum atomic E-state index is 0.615. The van der Waals surface area contributed by atoms with Gasteiger partial charge in [0.2, 0.25) is 0 Å². The van der Waals surface area contributed by atoms with Crippen LogP contribution in [-0.2, 0) is 0 Å². The Bertz CT molecular complexity index is 2960. The number of fused-ring (bicyclic) bond motifs is 7. The third-order valence-electron chi connectivity index (χ3n) is 10.5. The highest BCUT2D eigenvalue weighted by molar-refractivity contribution is 6.31. The largest absolute Gasteiger partial charge is 0.309 e. The molecule has 0 radical (unpaired) electrons. The predicted octanol–water partition coefficient (Wildman–Crippen LogP) is 13.0. The quantitative estimate of drug-likeness (QED) is 0.156. The second-order valence-electron chi connectivity index (χ2n) is 13.7. The van der Waals surface area contributed by atoms with E-state index in [2.05, 4.69) is 134 Å². The highest BCUT2D eigenvalue weighted by Crippen LogP contribution is 2.46. The van der Waals surface area contributed by atoms with E-state index in [4.69, 9.17) is 15.0 Å². The second kappa shape index (κ2) is 13.6. The van der Waals surface area contributed by atoms with Crippen molar-refractivity contribution in [2.24, 2.45) is 0 Å². The molecule has 0 saturated heterocycles. The maximum absolute atomic E-state index is 5.00. The average Bonchev–Trinajstić information content (AvgIpc) is 3.59. The summed E-state index contributed by atoms with van der Waals surface area (Å²) in [5.74, 6) is 1.87. The van der Waals surface area contributed by atoms with Gasteiger partial charge in [0.15, 0.2) is 17.5 Å². The molecular weight excluding hydrogens is 657 g/mol. The van der Waals surface area contributed by atoms with E-state index in [0.29, 0.717) is 17.5 Å². The molecule has 0 amide bonds. The maximum Gasteiger partial charge on any atom is 0.164 e. The molecule has 258 valence electrons. The lowest BCUT2D eigenvalue weighted by molar-refractivity contribution is 1.04. The summed E-state index contributed by atoms with van der Waals surface area (Å²) in [6, 6.07) is 49.7. The van der Waals surface area contributed by atoms with Crippen molar-refractivity contribution in [2.45, 2.75) is 20.8 Å². The van der Waals surface area contributed by atoms with Crippen LogP contribution in [0.2, 0.25) is 0 Å². The lowest BCUT2D eigenvalue weighted by atomic mass is 9.88. The summed E-state index contributed by atoms with van der Waals surface area (Å²) in [5.41, 5.74) is 11.3. The smallest absolute Gasteiger partial charge is 0.164 e. The summed E-state index contributed by atoms with van der Waals surface area (Å²) in [4.78, 5) is 14.9. The molecule has 0 aliphatic rings. The number of benzene rings is 7. The van der Waals surface area contributed by atoms with E-state index in [1.54, 1.807) is 6.08 Å². The third-order valence-corrected chi connectivity index (χ3v) is 10.5. The first-order valence-corrected chi connectivity index (χ1v) is 18.4. The van der Waals surface area contributed by atoms with Crippen LogP contribution in [-0.4, -0.2) is 19.5 Å². The van der Waals surface area contributed by atoms with Gasteiger partial charge >= 0.3 is 0 Å². The van der Waals surface area contributed by atoms with Gasteiger partial charge < -0.3 is 4.57 Å². The first-order valence-electron chi connectivity index (χ1n) is 18.4. The molecule has 2 aromatic heterocycles. The first-order chi connectivity index (χ1) is 26.6. The molecule has 0 aliphatic carbocycles. The Morgan fingerprint density at radius 1 is 0.611 bits per heavy atom. The van der Waals surface area contributed by atoms with Gasteiger partial charge in [0, 0.05) is 33.2 Å². The van der Waals surface area contributed by atoms with E-state index >= 15 is 0 Å². The molecule has 0 spiro atoms. The summed E-state index contributed by atoms with van der Waals surface area (Å²) in [7, 11) is 0. The van der Waals surface area contributed by atoms with Crippen molar-refractivity contribution in [3.05, 3.63) is 187 Å². The first kappa shape index (κ1) is 33.0. The van der Waals surface area contributed by atoms with Crippen LogP contribution in [0.4, 0.5) is 0 Å². The Hall–Kier alpha value is -6.91. The lowest BCUT2D eigenvalue weighted by Gasteiger charge is -2.17. The molecular formula is C50H38N4. The Balaban J connectivity index is 1.31. The van der Waals surface area contributed by atoms with Gasteiger partial charge in [0.25, 0.3) is 0 Å². The number of nitrogens with zero attached hydrogens (tertiary/aromatic N) is 4. The zero-order chi connectivity index (χ0) is 36.8. The number of hydrogen-bond donors (Lipinski definition) is 0. The molecule has 0 fully saturated rings. The third kappa shape index (κ3) is 5.43. The van der Waals surface area contributed by atoms with Crippen LogP contribution in [0.15, 0.2) is 170 Å². The van der Waals surface area contributed by atoms with Crippen molar-refractivity contribution in [3.63, 3.8) is 0 Å².